The van der Waals surface area contributed by atoms with Gasteiger partial charge in [0.05, 0.1) is 16.3 Å². The van der Waals surface area contributed by atoms with Crippen LogP contribution in [-0.2, 0) is 4.84 Å². The Morgan fingerprint density at radius 1 is 1.17 bits per heavy atom. The van der Waals surface area contributed by atoms with Crippen molar-refractivity contribution < 1.29 is 9.63 Å². The molecule has 0 saturated heterocycles. The molecule has 0 saturated carbocycles. The third-order valence-electron chi connectivity index (χ3n) is 3.13. The summed E-state index contributed by atoms with van der Waals surface area (Å²) >= 11 is 2.87. The van der Waals surface area contributed by atoms with Gasteiger partial charge in [-0.3, -0.25) is 0 Å². The summed E-state index contributed by atoms with van der Waals surface area (Å²) in [6, 6.07) is 13.5. The number of nitrogens with zero attached hydrogens (tertiary/aromatic N) is 2. The maximum Gasteiger partial charge on any atom is 0.375 e. The maximum absolute atomic E-state index is 11.8. The van der Waals surface area contributed by atoms with E-state index in [2.05, 4.69) is 10.1 Å². The van der Waals surface area contributed by atoms with E-state index in [-0.39, 0.29) is 0 Å². The minimum absolute atomic E-state index is 0.440. The third kappa shape index (κ3) is 3.55. The third-order valence-corrected chi connectivity index (χ3v) is 5.30. The van der Waals surface area contributed by atoms with Crippen LogP contribution >= 0.6 is 22.7 Å². The number of aromatic nitrogens is 1. The van der Waals surface area contributed by atoms with Crippen LogP contribution in [0.15, 0.2) is 53.0 Å². The molecule has 3 rings (SSSR count). The number of carbonyl (C=O) groups excluding carboxylic acids is 1. The predicted octanol–water partition coefficient (Wildman–Crippen LogP) is 4.76. The summed E-state index contributed by atoms with van der Waals surface area (Å²) in [6.07, 6.45) is 0. The van der Waals surface area contributed by atoms with Crippen molar-refractivity contribution in [1.29, 1.82) is 0 Å². The molecular formula is C17H14N2O2S2. The van der Waals surface area contributed by atoms with Gasteiger partial charge in [0.25, 0.3) is 0 Å². The van der Waals surface area contributed by atoms with Gasteiger partial charge < -0.3 is 4.84 Å². The minimum atomic E-state index is -0.440. The van der Waals surface area contributed by atoms with Crippen molar-refractivity contribution in [3.05, 3.63) is 63.3 Å². The molecule has 2 aromatic heterocycles. The molecule has 0 aliphatic rings. The molecule has 3 aromatic rings. The van der Waals surface area contributed by atoms with Gasteiger partial charge in [-0.05, 0) is 25.3 Å². The van der Waals surface area contributed by atoms with Gasteiger partial charge in [-0.2, -0.15) is 0 Å². The highest BCUT2D eigenvalue weighted by atomic mass is 32.1. The van der Waals surface area contributed by atoms with Crippen molar-refractivity contribution in [3.63, 3.8) is 0 Å². The van der Waals surface area contributed by atoms with Crippen LogP contribution in [0, 0.1) is 6.92 Å². The molecule has 2 heterocycles. The maximum atomic E-state index is 11.8. The van der Waals surface area contributed by atoms with Gasteiger partial charge >= 0.3 is 5.97 Å². The average molecular weight is 342 g/mol. The fourth-order valence-corrected chi connectivity index (χ4v) is 3.63. The summed E-state index contributed by atoms with van der Waals surface area (Å²) in [5, 5.41) is 6.72. The van der Waals surface area contributed by atoms with E-state index in [1.807, 2.05) is 49.6 Å². The summed E-state index contributed by atoms with van der Waals surface area (Å²) in [4.78, 5) is 22.9. The lowest BCUT2D eigenvalue weighted by molar-refractivity contribution is 0.0522. The summed E-state index contributed by atoms with van der Waals surface area (Å²) < 4.78 is 0. The van der Waals surface area contributed by atoms with E-state index in [0.717, 1.165) is 21.1 Å². The molecule has 0 fully saturated rings. The first-order valence-electron chi connectivity index (χ1n) is 6.98. The zero-order valence-corrected chi connectivity index (χ0v) is 14.3. The van der Waals surface area contributed by atoms with Gasteiger partial charge in [-0.25, -0.2) is 9.78 Å². The largest absolute Gasteiger partial charge is 0.375 e. The Kier molecular flexibility index (Phi) is 4.64. The molecule has 0 amide bonds. The predicted molar refractivity (Wildman–Crippen MR) is 94.2 cm³/mol. The van der Waals surface area contributed by atoms with Crippen LogP contribution in [0.25, 0.3) is 10.6 Å². The van der Waals surface area contributed by atoms with Crippen molar-refractivity contribution in [3.8, 4) is 10.6 Å². The lowest BCUT2D eigenvalue weighted by atomic mass is 10.2. The Balaban J connectivity index is 1.80. The summed E-state index contributed by atoms with van der Waals surface area (Å²) in [7, 11) is 0. The molecule has 0 spiro atoms. The average Bonchev–Trinajstić information content (AvgIpc) is 3.23. The number of aryl methyl sites for hydroxylation is 1. The molecule has 0 atom stereocenters. The van der Waals surface area contributed by atoms with E-state index in [1.165, 1.54) is 22.7 Å². The fourth-order valence-electron chi connectivity index (χ4n) is 2.03. The zero-order chi connectivity index (χ0) is 16.2. The molecule has 0 aliphatic carbocycles. The summed E-state index contributed by atoms with van der Waals surface area (Å²) in [5.41, 5.74) is 2.59. The summed E-state index contributed by atoms with van der Waals surface area (Å²) in [6.45, 7) is 3.75. The second kappa shape index (κ2) is 6.85. The highest BCUT2D eigenvalue weighted by molar-refractivity contribution is 7.17. The van der Waals surface area contributed by atoms with Gasteiger partial charge in [0, 0.05) is 5.56 Å². The second-order valence-electron chi connectivity index (χ2n) is 4.83. The molecule has 0 N–H and O–H groups in total. The smallest absolute Gasteiger partial charge is 0.312 e. The molecule has 0 radical (unpaired) electrons. The van der Waals surface area contributed by atoms with E-state index >= 15 is 0 Å². The molecule has 4 nitrogen and oxygen atoms in total. The topological polar surface area (TPSA) is 51.5 Å². The number of thiophene rings is 1. The SMILES string of the molecule is C/C(=N\OC(=O)c1cccs1)c1sc(-c2ccccc2)nc1C. The van der Waals surface area contributed by atoms with Crippen molar-refractivity contribution in [2.75, 3.05) is 0 Å². The highest BCUT2D eigenvalue weighted by Crippen LogP contribution is 2.28. The van der Waals surface area contributed by atoms with Crippen molar-refractivity contribution in [2.45, 2.75) is 13.8 Å². The van der Waals surface area contributed by atoms with Gasteiger partial charge in [-0.1, -0.05) is 41.6 Å². The van der Waals surface area contributed by atoms with Crippen LogP contribution in [0.1, 0.15) is 27.2 Å². The number of benzene rings is 1. The Morgan fingerprint density at radius 2 is 1.96 bits per heavy atom. The Bertz CT molecular complexity index is 837. The number of thiazole rings is 1. The summed E-state index contributed by atoms with van der Waals surface area (Å²) in [5.74, 6) is -0.440. The molecule has 23 heavy (non-hydrogen) atoms. The highest BCUT2D eigenvalue weighted by Gasteiger charge is 2.13. The van der Waals surface area contributed by atoms with Crippen LogP contribution in [-0.4, -0.2) is 16.7 Å². The van der Waals surface area contributed by atoms with Gasteiger partial charge in [-0.15, -0.1) is 22.7 Å². The zero-order valence-electron chi connectivity index (χ0n) is 12.6. The van der Waals surface area contributed by atoms with Gasteiger partial charge in [0.15, 0.2) is 0 Å². The van der Waals surface area contributed by atoms with Crippen LogP contribution < -0.4 is 0 Å². The van der Waals surface area contributed by atoms with Gasteiger partial charge in [0.2, 0.25) is 0 Å². The van der Waals surface area contributed by atoms with Crippen molar-refractivity contribution >= 4 is 34.4 Å². The molecule has 0 aliphatic heterocycles. The first kappa shape index (κ1) is 15.6. The normalized spacial score (nSPS) is 11.5. The van der Waals surface area contributed by atoms with E-state index in [1.54, 1.807) is 12.1 Å². The molecule has 1 aromatic carbocycles. The Hall–Kier alpha value is -2.31. The lowest BCUT2D eigenvalue weighted by Crippen LogP contribution is -2.02. The van der Waals surface area contributed by atoms with Crippen molar-refractivity contribution in [1.82, 2.24) is 4.98 Å². The first-order chi connectivity index (χ1) is 11.1. The van der Waals surface area contributed by atoms with E-state index in [4.69, 9.17) is 4.84 Å². The van der Waals surface area contributed by atoms with Crippen LogP contribution in [0.4, 0.5) is 0 Å². The van der Waals surface area contributed by atoms with E-state index in [9.17, 15) is 4.79 Å². The Labute approximate surface area is 142 Å². The van der Waals surface area contributed by atoms with E-state index in [0.29, 0.717) is 10.6 Å². The van der Waals surface area contributed by atoms with E-state index < -0.39 is 5.97 Å². The number of carbonyl (C=O) groups is 1. The number of rotatable bonds is 4. The monoisotopic (exact) mass is 342 g/mol. The molecule has 0 bridgehead atoms. The van der Waals surface area contributed by atoms with Crippen LogP contribution in [0.5, 0.6) is 0 Å². The van der Waals surface area contributed by atoms with Gasteiger partial charge in [0.1, 0.15) is 9.88 Å². The fraction of sp³-hybridized carbons (Fsp3) is 0.118. The number of hydrogen-bond acceptors (Lipinski definition) is 6. The first-order valence-corrected chi connectivity index (χ1v) is 8.67. The minimum Gasteiger partial charge on any atom is -0.312 e. The van der Waals surface area contributed by atoms with Crippen LogP contribution in [0.3, 0.4) is 0 Å². The molecular weight excluding hydrogens is 328 g/mol. The molecule has 116 valence electrons. The number of oxime groups is 1. The molecule has 6 heteroatoms. The number of hydrogen-bond donors (Lipinski definition) is 0. The second-order valence-corrected chi connectivity index (χ2v) is 6.78. The Morgan fingerprint density at radius 3 is 2.65 bits per heavy atom. The van der Waals surface area contributed by atoms with Crippen molar-refractivity contribution in [2.24, 2.45) is 5.16 Å². The lowest BCUT2D eigenvalue weighted by Gasteiger charge is -1.98. The molecule has 0 unspecified atom stereocenters. The quantitative estimate of drug-likeness (QED) is 0.390. The van der Waals surface area contributed by atoms with Crippen LogP contribution in [0.2, 0.25) is 0 Å². The standard InChI is InChI=1S/C17H14N2O2S2/c1-11-15(23-16(18-11)13-7-4-3-5-8-13)12(2)19-21-17(20)14-9-6-10-22-14/h3-10H,1-2H3/b19-12+.